The molecule has 0 unspecified atom stereocenters. The maximum atomic E-state index is 12.3. The van der Waals surface area contributed by atoms with Crippen LogP contribution in [0.2, 0.25) is 0 Å². The molecule has 3 rings (SSSR count). The number of carbonyl (C=O) groups excluding carboxylic acids is 2. The van der Waals surface area contributed by atoms with Crippen LogP contribution in [0, 0.1) is 0 Å². The van der Waals surface area contributed by atoms with Gasteiger partial charge in [-0.2, -0.15) is 0 Å². The van der Waals surface area contributed by atoms with Crippen LogP contribution in [-0.2, 0) is 0 Å². The number of benzene rings is 1. The molecule has 0 saturated heterocycles. The number of nitrogens with zero attached hydrogens (tertiary/aromatic N) is 2. The second kappa shape index (κ2) is 7.21. The van der Waals surface area contributed by atoms with Gasteiger partial charge in [-0.15, -0.1) is 0 Å². The van der Waals surface area contributed by atoms with Gasteiger partial charge >= 0.3 is 0 Å². The predicted molar refractivity (Wildman–Crippen MR) is 92.3 cm³/mol. The highest BCUT2D eigenvalue weighted by atomic mass is 16.2. The summed E-state index contributed by atoms with van der Waals surface area (Å²) in [6.45, 7) is 1.51. The van der Waals surface area contributed by atoms with Gasteiger partial charge in [0.05, 0.1) is 0 Å². The number of anilines is 2. The Labute approximate surface area is 140 Å². The molecule has 1 saturated carbocycles. The molecule has 6 heteroatoms. The van der Waals surface area contributed by atoms with E-state index in [1.165, 1.54) is 19.8 Å². The van der Waals surface area contributed by atoms with E-state index in [4.69, 9.17) is 0 Å². The van der Waals surface area contributed by atoms with Crippen molar-refractivity contribution in [1.29, 1.82) is 0 Å². The third-order valence-electron chi connectivity index (χ3n) is 4.13. The summed E-state index contributed by atoms with van der Waals surface area (Å²) in [6, 6.07) is 8.75. The van der Waals surface area contributed by atoms with Crippen molar-refractivity contribution in [3.05, 3.63) is 47.8 Å². The monoisotopic (exact) mass is 324 g/mol. The molecule has 1 aromatic heterocycles. The molecule has 2 N–H and O–H groups in total. The highest BCUT2D eigenvalue weighted by Crippen LogP contribution is 2.20. The number of ketones is 1. The SMILES string of the molecule is CC(=O)c1ccc(NC(=O)c2ccnc(NC3CCCC3)n2)cc1. The van der Waals surface area contributed by atoms with E-state index in [0.29, 0.717) is 28.9 Å². The number of amides is 1. The maximum absolute atomic E-state index is 12.3. The summed E-state index contributed by atoms with van der Waals surface area (Å²) in [6.07, 6.45) is 6.24. The van der Waals surface area contributed by atoms with Crippen molar-refractivity contribution in [3.63, 3.8) is 0 Å². The van der Waals surface area contributed by atoms with Gasteiger partial charge < -0.3 is 10.6 Å². The standard InChI is InChI=1S/C18H20N4O2/c1-12(23)13-6-8-15(9-7-13)20-17(24)16-10-11-19-18(22-16)21-14-4-2-3-5-14/h6-11,14H,2-5H2,1H3,(H,20,24)(H,19,21,22). The Balaban J connectivity index is 1.66. The highest BCUT2D eigenvalue weighted by molar-refractivity contribution is 6.03. The van der Waals surface area contributed by atoms with Gasteiger partial charge in [0.1, 0.15) is 5.69 Å². The molecule has 24 heavy (non-hydrogen) atoms. The zero-order valence-corrected chi connectivity index (χ0v) is 13.6. The van der Waals surface area contributed by atoms with Crippen LogP contribution >= 0.6 is 0 Å². The van der Waals surface area contributed by atoms with Crippen LogP contribution in [0.3, 0.4) is 0 Å². The first-order valence-electron chi connectivity index (χ1n) is 8.14. The molecule has 1 aromatic carbocycles. The summed E-state index contributed by atoms with van der Waals surface area (Å²) in [5.74, 6) is 0.176. The third-order valence-corrected chi connectivity index (χ3v) is 4.13. The molecule has 1 heterocycles. The number of Topliss-reactive ketones (excluding diaryl/α,β-unsaturated/α-hetero) is 1. The molecule has 6 nitrogen and oxygen atoms in total. The Hall–Kier alpha value is -2.76. The van der Waals surface area contributed by atoms with Gasteiger partial charge in [0.25, 0.3) is 5.91 Å². The lowest BCUT2D eigenvalue weighted by Crippen LogP contribution is -2.19. The summed E-state index contributed by atoms with van der Waals surface area (Å²) in [7, 11) is 0. The van der Waals surface area contributed by atoms with E-state index in [1.54, 1.807) is 36.5 Å². The fraction of sp³-hybridized carbons (Fsp3) is 0.333. The van der Waals surface area contributed by atoms with Crippen LogP contribution in [0.15, 0.2) is 36.5 Å². The van der Waals surface area contributed by atoms with Gasteiger partial charge in [0.15, 0.2) is 5.78 Å². The van der Waals surface area contributed by atoms with E-state index in [1.807, 2.05) is 0 Å². The zero-order chi connectivity index (χ0) is 16.9. The molecule has 0 atom stereocenters. The molecule has 0 spiro atoms. The molecule has 124 valence electrons. The van der Waals surface area contributed by atoms with Crippen LogP contribution in [-0.4, -0.2) is 27.7 Å². The first-order valence-corrected chi connectivity index (χ1v) is 8.14. The lowest BCUT2D eigenvalue weighted by Gasteiger charge is -2.12. The van der Waals surface area contributed by atoms with Gasteiger partial charge in [-0.25, -0.2) is 9.97 Å². The Kier molecular flexibility index (Phi) is 4.84. The fourth-order valence-corrected chi connectivity index (χ4v) is 2.79. The normalized spacial score (nSPS) is 14.4. The van der Waals surface area contributed by atoms with Crippen molar-refractivity contribution in [2.45, 2.75) is 38.6 Å². The van der Waals surface area contributed by atoms with Crippen molar-refractivity contribution in [2.24, 2.45) is 0 Å². The number of hydrogen-bond donors (Lipinski definition) is 2. The third kappa shape index (κ3) is 3.95. The van der Waals surface area contributed by atoms with Crippen LogP contribution in [0.5, 0.6) is 0 Å². The molecule has 1 fully saturated rings. The quantitative estimate of drug-likeness (QED) is 0.825. The van der Waals surface area contributed by atoms with Crippen LogP contribution in [0.1, 0.15) is 53.5 Å². The number of rotatable bonds is 5. The van der Waals surface area contributed by atoms with E-state index >= 15 is 0 Å². The van der Waals surface area contributed by atoms with Crippen molar-refractivity contribution in [2.75, 3.05) is 10.6 Å². The van der Waals surface area contributed by atoms with Crippen molar-refractivity contribution >= 4 is 23.3 Å². The molecule has 1 amide bonds. The summed E-state index contributed by atoms with van der Waals surface area (Å²) >= 11 is 0. The number of hydrogen-bond acceptors (Lipinski definition) is 5. The molecule has 1 aliphatic rings. The van der Waals surface area contributed by atoms with E-state index in [0.717, 1.165) is 12.8 Å². The molecule has 0 aliphatic heterocycles. The summed E-state index contributed by atoms with van der Waals surface area (Å²) < 4.78 is 0. The number of nitrogens with one attached hydrogen (secondary N) is 2. The maximum Gasteiger partial charge on any atom is 0.274 e. The summed E-state index contributed by atoms with van der Waals surface area (Å²) in [5, 5.41) is 6.06. The largest absolute Gasteiger partial charge is 0.351 e. The van der Waals surface area contributed by atoms with E-state index in [2.05, 4.69) is 20.6 Å². The second-order valence-electron chi connectivity index (χ2n) is 5.98. The molecular formula is C18H20N4O2. The van der Waals surface area contributed by atoms with E-state index in [-0.39, 0.29) is 11.7 Å². The summed E-state index contributed by atoms with van der Waals surface area (Å²) in [5.41, 5.74) is 1.54. The predicted octanol–water partition coefficient (Wildman–Crippen LogP) is 3.29. The number of carbonyl (C=O) groups is 2. The molecular weight excluding hydrogens is 304 g/mol. The smallest absolute Gasteiger partial charge is 0.274 e. The first kappa shape index (κ1) is 16.1. The van der Waals surface area contributed by atoms with Gasteiger partial charge in [-0.05, 0) is 50.1 Å². The molecule has 0 bridgehead atoms. The van der Waals surface area contributed by atoms with Crippen molar-refractivity contribution in [3.8, 4) is 0 Å². The van der Waals surface area contributed by atoms with Gasteiger partial charge in [-0.1, -0.05) is 12.8 Å². The second-order valence-corrected chi connectivity index (χ2v) is 5.98. The molecule has 1 aliphatic carbocycles. The Morgan fingerprint density at radius 2 is 1.79 bits per heavy atom. The minimum atomic E-state index is -0.303. The van der Waals surface area contributed by atoms with Crippen LogP contribution in [0.4, 0.5) is 11.6 Å². The van der Waals surface area contributed by atoms with Crippen LogP contribution in [0.25, 0.3) is 0 Å². The van der Waals surface area contributed by atoms with E-state index in [9.17, 15) is 9.59 Å². The van der Waals surface area contributed by atoms with Crippen molar-refractivity contribution < 1.29 is 9.59 Å². The highest BCUT2D eigenvalue weighted by Gasteiger charge is 2.16. The minimum Gasteiger partial charge on any atom is -0.351 e. The topological polar surface area (TPSA) is 84.0 Å². The average Bonchev–Trinajstić information content (AvgIpc) is 3.08. The van der Waals surface area contributed by atoms with Gasteiger partial charge in [-0.3, -0.25) is 9.59 Å². The Morgan fingerprint density at radius 1 is 1.08 bits per heavy atom. The van der Waals surface area contributed by atoms with Crippen LogP contribution < -0.4 is 10.6 Å². The lowest BCUT2D eigenvalue weighted by atomic mass is 10.1. The zero-order valence-electron chi connectivity index (χ0n) is 13.6. The molecule has 0 radical (unpaired) electrons. The Morgan fingerprint density at radius 3 is 2.46 bits per heavy atom. The molecule has 2 aromatic rings. The summed E-state index contributed by atoms with van der Waals surface area (Å²) in [4.78, 5) is 32.1. The minimum absolute atomic E-state index is 0.00805. The number of aromatic nitrogens is 2. The van der Waals surface area contributed by atoms with Crippen molar-refractivity contribution in [1.82, 2.24) is 9.97 Å². The van der Waals surface area contributed by atoms with Gasteiger partial charge in [0.2, 0.25) is 5.95 Å². The lowest BCUT2D eigenvalue weighted by molar-refractivity contribution is 0.101. The Bertz CT molecular complexity index is 737. The average molecular weight is 324 g/mol. The fourth-order valence-electron chi connectivity index (χ4n) is 2.79. The van der Waals surface area contributed by atoms with E-state index < -0.39 is 0 Å². The first-order chi connectivity index (χ1) is 11.6. The van der Waals surface area contributed by atoms with Gasteiger partial charge in [0, 0.05) is 23.5 Å².